The molecule has 1 heterocycles. The van der Waals surface area contributed by atoms with Crippen molar-refractivity contribution in [3.63, 3.8) is 0 Å². The normalized spacial score (nSPS) is 29.4. The summed E-state index contributed by atoms with van der Waals surface area (Å²) in [5, 5.41) is 0. The molecule has 0 bridgehead atoms. The minimum Gasteiger partial charge on any atom is -0.265 e. The number of unbranched alkanes of at least 4 members (excludes halogenated alkanes) is 1. The average molecular weight is 240 g/mol. The van der Waals surface area contributed by atoms with Crippen LogP contribution < -0.4 is 0 Å². The lowest BCUT2D eigenvalue weighted by atomic mass is 9.89. The lowest BCUT2D eigenvalue weighted by Gasteiger charge is -2.25. The highest BCUT2D eigenvalue weighted by Gasteiger charge is 2.41. The third kappa shape index (κ3) is 2.34. The van der Waals surface area contributed by atoms with Crippen LogP contribution in [0, 0.1) is 0 Å². The molecule has 1 fully saturated rings. The molecule has 1 aromatic rings. The Hall–Kier alpha value is -0.710. The maximum Gasteiger partial charge on any atom is 0.305 e. The van der Waals surface area contributed by atoms with Gasteiger partial charge >= 0.3 is 11.4 Å². The molecule has 88 valence electrons. The van der Waals surface area contributed by atoms with Crippen LogP contribution in [0.15, 0.2) is 30.3 Å². The van der Waals surface area contributed by atoms with Crippen LogP contribution in [-0.2, 0) is 25.3 Å². The van der Waals surface area contributed by atoms with Gasteiger partial charge in [-0.3, -0.25) is 8.37 Å². The van der Waals surface area contributed by atoms with Gasteiger partial charge in [-0.15, -0.1) is 0 Å². The number of rotatable bonds is 4. The molecule has 4 heteroatoms. The zero-order valence-corrected chi connectivity index (χ0v) is 10.2. The first kappa shape index (κ1) is 11.8. The van der Waals surface area contributed by atoms with Gasteiger partial charge in [0.2, 0.25) is 0 Å². The second-order valence-corrected chi connectivity index (χ2v) is 4.82. The van der Waals surface area contributed by atoms with Crippen molar-refractivity contribution >= 4 is 11.4 Å². The van der Waals surface area contributed by atoms with E-state index in [4.69, 9.17) is 8.37 Å². The summed E-state index contributed by atoms with van der Waals surface area (Å²) in [4.78, 5) is 0. The fraction of sp³-hybridized carbons (Fsp3) is 0.500. The molecule has 1 aromatic carbocycles. The molecule has 0 amide bonds. The molecule has 16 heavy (non-hydrogen) atoms. The zero-order chi connectivity index (χ0) is 11.4. The molecule has 1 saturated heterocycles. The summed E-state index contributed by atoms with van der Waals surface area (Å²) >= 11 is -1.60. The second-order valence-electron chi connectivity index (χ2n) is 4.01. The molecule has 2 rings (SSSR count). The van der Waals surface area contributed by atoms with Crippen LogP contribution in [0.3, 0.4) is 0 Å². The van der Waals surface area contributed by atoms with E-state index in [9.17, 15) is 4.21 Å². The predicted molar refractivity (Wildman–Crippen MR) is 62.8 cm³/mol. The van der Waals surface area contributed by atoms with E-state index < -0.39 is 17.0 Å². The van der Waals surface area contributed by atoms with E-state index in [0.29, 0.717) is 6.61 Å². The first-order valence-electron chi connectivity index (χ1n) is 5.57. The summed E-state index contributed by atoms with van der Waals surface area (Å²) in [6, 6.07) is 9.90. The van der Waals surface area contributed by atoms with E-state index in [-0.39, 0.29) is 0 Å². The quantitative estimate of drug-likeness (QED) is 0.811. The Morgan fingerprint density at radius 1 is 1.38 bits per heavy atom. The van der Waals surface area contributed by atoms with Gasteiger partial charge in [-0.05, 0) is 12.0 Å². The summed E-state index contributed by atoms with van der Waals surface area (Å²) < 4.78 is 21.8. The van der Waals surface area contributed by atoms with Crippen molar-refractivity contribution in [3.8, 4) is 0 Å². The first-order chi connectivity index (χ1) is 7.77. The van der Waals surface area contributed by atoms with Crippen LogP contribution in [0.25, 0.3) is 0 Å². The van der Waals surface area contributed by atoms with Crippen LogP contribution in [-0.4, -0.2) is 10.8 Å². The van der Waals surface area contributed by atoms with Crippen LogP contribution >= 0.6 is 0 Å². The van der Waals surface area contributed by atoms with Crippen LogP contribution in [0.4, 0.5) is 0 Å². The molecule has 0 aliphatic carbocycles. The molecule has 2 atom stereocenters. The standard InChI is InChI=1S/C12H16O3S/c1-2-3-9-12(10-14-16(13)15-12)11-7-5-4-6-8-11/h4-8H,2-3,9-10H2,1H3/t12-,16?/m1/s1. The minimum absolute atomic E-state index is 0.379. The van der Waals surface area contributed by atoms with Crippen molar-refractivity contribution in [2.24, 2.45) is 0 Å². The largest absolute Gasteiger partial charge is 0.305 e. The molecule has 1 aliphatic heterocycles. The smallest absolute Gasteiger partial charge is 0.265 e. The molecule has 1 aliphatic rings. The number of hydrogen-bond acceptors (Lipinski definition) is 3. The molecule has 3 nitrogen and oxygen atoms in total. The topological polar surface area (TPSA) is 35.5 Å². The Morgan fingerprint density at radius 2 is 2.12 bits per heavy atom. The van der Waals surface area contributed by atoms with Crippen LogP contribution in [0.2, 0.25) is 0 Å². The Kier molecular flexibility index (Phi) is 3.74. The highest BCUT2D eigenvalue weighted by molar-refractivity contribution is 7.75. The SMILES string of the molecule is CCCC[C@]1(c2ccccc2)COS(=O)O1. The van der Waals surface area contributed by atoms with Crippen LogP contribution in [0.1, 0.15) is 31.7 Å². The van der Waals surface area contributed by atoms with E-state index in [0.717, 1.165) is 24.8 Å². The van der Waals surface area contributed by atoms with Crippen molar-refractivity contribution in [2.75, 3.05) is 6.61 Å². The first-order valence-corrected chi connectivity index (χ1v) is 6.57. The monoisotopic (exact) mass is 240 g/mol. The summed E-state index contributed by atoms with van der Waals surface area (Å²) in [5.74, 6) is 0. The second kappa shape index (κ2) is 5.08. The lowest BCUT2D eigenvalue weighted by molar-refractivity contribution is 0.0826. The summed E-state index contributed by atoms with van der Waals surface area (Å²) in [7, 11) is 0. The van der Waals surface area contributed by atoms with Gasteiger partial charge in [-0.1, -0.05) is 50.1 Å². The van der Waals surface area contributed by atoms with Crippen molar-refractivity contribution in [2.45, 2.75) is 31.8 Å². The average Bonchev–Trinajstić information content (AvgIpc) is 2.71. The fourth-order valence-electron chi connectivity index (χ4n) is 1.92. The molecular weight excluding hydrogens is 224 g/mol. The maximum atomic E-state index is 11.3. The summed E-state index contributed by atoms with van der Waals surface area (Å²) in [6.45, 7) is 2.51. The molecule has 0 saturated carbocycles. The van der Waals surface area contributed by atoms with Crippen molar-refractivity contribution in [1.82, 2.24) is 0 Å². The highest BCUT2D eigenvalue weighted by Crippen LogP contribution is 2.37. The third-order valence-corrected chi connectivity index (χ3v) is 3.62. The van der Waals surface area contributed by atoms with Gasteiger partial charge in [0.05, 0.1) is 0 Å². The number of hydrogen-bond donors (Lipinski definition) is 0. The van der Waals surface area contributed by atoms with E-state index in [1.807, 2.05) is 30.3 Å². The predicted octanol–water partition coefficient (Wildman–Crippen LogP) is 2.70. The molecular formula is C12H16O3S. The molecule has 0 aromatic heterocycles. The minimum atomic E-state index is -1.60. The van der Waals surface area contributed by atoms with Gasteiger partial charge in [0, 0.05) is 0 Å². The van der Waals surface area contributed by atoms with Gasteiger partial charge in [0.25, 0.3) is 0 Å². The Bertz CT molecular complexity index is 366. The lowest BCUT2D eigenvalue weighted by Crippen LogP contribution is -2.28. The van der Waals surface area contributed by atoms with Crippen molar-refractivity contribution in [1.29, 1.82) is 0 Å². The molecule has 0 spiro atoms. The van der Waals surface area contributed by atoms with E-state index in [2.05, 4.69) is 6.92 Å². The zero-order valence-electron chi connectivity index (χ0n) is 9.35. The molecule has 1 unspecified atom stereocenters. The van der Waals surface area contributed by atoms with Crippen molar-refractivity contribution < 1.29 is 12.6 Å². The van der Waals surface area contributed by atoms with Gasteiger partial charge in [-0.2, -0.15) is 4.21 Å². The van der Waals surface area contributed by atoms with Gasteiger partial charge in [0.1, 0.15) is 12.2 Å². The Labute approximate surface area is 98.6 Å². The highest BCUT2D eigenvalue weighted by atomic mass is 32.2. The van der Waals surface area contributed by atoms with Gasteiger partial charge in [-0.25, -0.2) is 0 Å². The van der Waals surface area contributed by atoms with Crippen molar-refractivity contribution in [3.05, 3.63) is 35.9 Å². The van der Waals surface area contributed by atoms with E-state index in [1.165, 1.54) is 0 Å². The molecule has 0 N–H and O–H groups in total. The summed E-state index contributed by atoms with van der Waals surface area (Å²) in [5.41, 5.74) is 0.539. The summed E-state index contributed by atoms with van der Waals surface area (Å²) in [6.07, 6.45) is 2.97. The Balaban J connectivity index is 2.24. The fourth-order valence-corrected chi connectivity index (χ4v) is 2.74. The van der Waals surface area contributed by atoms with Crippen LogP contribution in [0.5, 0.6) is 0 Å². The van der Waals surface area contributed by atoms with E-state index >= 15 is 0 Å². The Morgan fingerprint density at radius 3 is 2.69 bits per heavy atom. The maximum absolute atomic E-state index is 11.3. The molecule has 0 radical (unpaired) electrons. The van der Waals surface area contributed by atoms with E-state index in [1.54, 1.807) is 0 Å². The van der Waals surface area contributed by atoms with Gasteiger partial charge in [0.15, 0.2) is 0 Å². The number of benzene rings is 1. The van der Waals surface area contributed by atoms with Gasteiger partial charge < -0.3 is 0 Å². The third-order valence-electron chi connectivity index (χ3n) is 2.85.